The Morgan fingerprint density at radius 3 is 2.65 bits per heavy atom. The van der Waals surface area contributed by atoms with Gasteiger partial charge >= 0.3 is 5.69 Å². The van der Waals surface area contributed by atoms with Crippen molar-refractivity contribution in [2.45, 2.75) is 33.3 Å². The van der Waals surface area contributed by atoms with Crippen LogP contribution < -0.4 is 4.74 Å². The van der Waals surface area contributed by atoms with Crippen LogP contribution in [0.5, 0.6) is 5.75 Å². The summed E-state index contributed by atoms with van der Waals surface area (Å²) >= 11 is 0. The van der Waals surface area contributed by atoms with Gasteiger partial charge in [-0.2, -0.15) is 0 Å². The Labute approximate surface area is 99.5 Å². The molecule has 0 radical (unpaired) electrons. The molecule has 0 aliphatic carbocycles. The fraction of sp³-hybridized carbons (Fsp3) is 0.417. The molecule has 17 heavy (non-hydrogen) atoms. The minimum atomic E-state index is -0.538. The van der Waals surface area contributed by atoms with Crippen LogP contribution in [-0.4, -0.2) is 16.8 Å². The first kappa shape index (κ1) is 13.2. The molecule has 1 aromatic carbocycles. The number of hydrogen-bond acceptors (Lipinski definition) is 4. The highest BCUT2D eigenvalue weighted by Crippen LogP contribution is 2.29. The second kappa shape index (κ2) is 5.43. The molecule has 0 amide bonds. The summed E-state index contributed by atoms with van der Waals surface area (Å²) in [6.45, 7) is 5.14. The molecule has 0 heterocycles. The van der Waals surface area contributed by atoms with E-state index in [1.807, 2.05) is 13.8 Å². The Kier molecular flexibility index (Phi) is 4.20. The van der Waals surface area contributed by atoms with E-state index in [2.05, 4.69) is 0 Å². The molecule has 0 aromatic heterocycles. The maximum atomic E-state index is 11.1. The number of rotatable bonds is 5. The van der Waals surface area contributed by atoms with Crippen molar-refractivity contribution < 1.29 is 14.5 Å². The lowest BCUT2D eigenvalue weighted by Crippen LogP contribution is -2.11. The second-order valence-electron chi connectivity index (χ2n) is 3.83. The Hall–Kier alpha value is -1.91. The van der Waals surface area contributed by atoms with Crippen LogP contribution in [0.4, 0.5) is 5.69 Å². The van der Waals surface area contributed by atoms with Gasteiger partial charge in [0.25, 0.3) is 0 Å². The molecule has 1 atom stereocenters. The molecule has 0 fully saturated rings. The Bertz CT molecular complexity index is 442. The summed E-state index contributed by atoms with van der Waals surface area (Å²) in [7, 11) is 0. The number of nitrogens with zero attached hydrogens (tertiary/aromatic N) is 1. The van der Waals surface area contributed by atoms with Gasteiger partial charge in [0.15, 0.2) is 11.5 Å². The zero-order chi connectivity index (χ0) is 13.0. The van der Waals surface area contributed by atoms with Crippen molar-refractivity contribution in [2.24, 2.45) is 0 Å². The van der Waals surface area contributed by atoms with Crippen molar-refractivity contribution in [1.82, 2.24) is 0 Å². The maximum Gasteiger partial charge on any atom is 0.311 e. The predicted octanol–water partition coefficient (Wildman–Crippen LogP) is 2.97. The van der Waals surface area contributed by atoms with Crippen LogP contribution in [0.25, 0.3) is 0 Å². The van der Waals surface area contributed by atoms with Gasteiger partial charge in [0.05, 0.1) is 11.0 Å². The molecule has 1 rings (SSSR count). The first-order valence-corrected chi connectivity index (χ1v) is 5.41. The summed E-state index contributed by atoms with van der Waals surface area (Å²) in [5.74, 6) is -0.00228. The van der Waals surface area contributed by atoms with Gasteiger partial charge in [0, 0.05) is 11.6 Å². The number of hydrogen-bond donors (Lipinski definition) is 0. The summed E-state index contributed by atoms with van der Waals surface area (Å²) in [6, 6.07) is 4.26. The normalized spacial score (nSPS) is 11.9. The number of benzene rings is 1. The lowest BCUT2D eigenvalue weighted by Gasteiger charge is -2.12. The highest BCUT2D eigenvalue weighted by Gasteiger charge is 2.18. The minimum Gasteiger partial charge on any atom is -0.484 e. The number of nitro groups is 1. The molecule has 5 heteroatoms. The lowest BCUT2D eigenvalue weighted by molar-refractivity contribution is -0.386. The highest BCUT2D eigenvalue weighted by atomic mass is 16.6. The first-order chi connectivity index (χ1) is 7.95. The van der Waals surface area contributed by atoms with Crippen molar-refractivity contribution in [1.29, 1.82) is 0 Å². The van der Waals surface area contributed by atoms with Gasteiger partial charge < -0.3 is 4.74 Å². The van der Waals surface area contributed by atoms with Gasteiger partial charge in [0.2, 0.25) is 0 Å². The van der Waals surface area contributed by atoms with Gasteiger partial charge in [-0.25, -0.2) is 0 Å². The standard InChI is InChI=1S/C12H15NO4/c1-4-8(2)17-12-6-5-10(9(3)14)7-11(12)13(15)16/h5-8H,4H2,1-3H3. The largest absolute Gasteiger partial charge is 0.484 e. The average Bonchev–Trinajstić information content (AvgIpc) is 2.28. The van der Waals surface area contributed by atoms with E-state index in [0.29, 0.717) is 5.56 Å². The molecule has 0 saturated carbocycles. The van der Waals surface area contributed by atoms with Crippen molar-refractivity contribution in [3.05, 3.63) is 33.9 Å². The van der Waals surface area contributed by atoms with E-state index in [1.54, 1.807) is 0 Å². The van der Waals surface area contributed by atoms with E-state index in [0.717, 1.165) is 6.42 Å². The summed E-state index contributed by atoms with van der Waals surface area (Å²) in [6.07, 6.45) is 0.655. The molecular formula is C12H15NO4. The van der Waals surface area contributed by atoms with E-state index < -0.39 is 4.92 Å². The fourth-order valence-electron chi connectivity index (χ4n) is 1.28. The molecule has 0 saturated heterocycles. The monoisotopic (exact) mass is 237 g/mol. The van der Waals surface area contributed by atoms with Crippen LogP contribution in [0.15, 0.2) is 18.2 Å². The number of ketones is 1. The first-order valence-electron chi connectivity index (χ1n) is 5.41. The number of nitro benzene ring substituents is 1. The van der Waals surface area contributed by atoms with Gasteiger partial charge in [0.1, 0.15) is 0 Å². The molecule has 1 aromatic rings. The molecule has 0 N–H and O–H groups in total. The summed E-state index contributed by atoms with van der Waals surface area (Å²) in [5.41, 5.74) is 0.145. The van der Waals surface area contributed by atoms with E-state index in [-0.39, 0.29) is 23.3 Å². The van der Waals surface area contributed by atoms with Gasteiger partial charge in [-0.3, -0.25) is 14.9 Å². The lowest BCUT2D eigenvalue weighted by atomic mass is 10.1. The molecule has 0 bridgehead atoms. The van der Waals surface area contributed by atoms with Crippen molar-refractivity contribution in [3.8, 4) is 5.75 Å². The third kappa shape index (κ3) is 3.27. The van der Waals surface area contributed by atoms with Crippen LogP contribution in [0, 0.1) is 10.1 Å². The summed E-state index contributed by atoms with van der Waals surface area (Å²) in [5, 5.41) is 10.9. The third-order valence-electron chi connectivity index (χ3n) is 2.47. The molecular weight excluding hydrogens is 222 g/mol. The number of ether oxygens (including phenoxy) is 1. The fourth-order valence-corrected chi connectivity index (χ4v) is 1.28. The summed E-state index contributed by atoms with van der Waals surface area (Å²) < 4.78 is 5.44. The van der Waals surface area contributed by atoms with Crippen molar-refractivity contribution in [2.75, 3.05) is 0 Å². The van der Waals surface area contributed by atoms with Crippen molar-refractivity contribution >= 4 is 11.5 Å². The average molecular weight is 237 g/mol. The molecule has 0 spiro atoms. The Morgan fingerprint density at radius 1 is 1.53 bits per heavy atom. The number of carbonyl (C=O) groups excluding carboxylic acids is 1. The molecule has 5 nitrogen and oxygen atoms in total. The topological polar surface area (TPSA) is 69.4 Å². The van der Waals surface area contributed by atoms with Crippen LogP contribution in [0.3, 0.4) is 0 Å². The summed E-state index contributed by atoms with van der Waals surface area (Å²) in [4.78, 5) is 21.5. The minimum absolute atomic E-state index is 0.100. The van der Waals surface area contributed by atoms with E-state index >= 15 is 0 Å². The van der Waals surface area contributed by atoms with Crippen LogP contribution in [-0.2, 0) is 0 Å². The number of carbonyl (C=O) groups is 1. The molecule has 92 valence electrons. The van der Waals surface area contributed by atoms with Crippen LogP contribution in [0.1, 0.15) is 37.6 Å². The Morgan fingerprint density at radius 2 is 2.18 bits per heavy atom. The van der Waals surface area contributed by atoms with Gasteiger partial charge in [-0.05, 0) is 32.4 Å². The number of Topliss-reactive ketones (excluding diaryl/α,β-unsaturated/α-hetero) is 1. The molecule has 0 aliphatic rings. The van der Waals surface area contributed by atoms with E-state index in [1.165, 1.54) is 25.1 Å². The quantitative estimate of drug-likeness (QED) is 0.448. The smallest absolute Gasteiger partial charge is 0.311 e. The molecule has 0 aliphatic heterocycles. The zero-order valence-corrected chi connectivity index (χ0v) is 10.1. The SMILES string of the molecule is CCC(C)Oc1ccc(C(C)=O)cc1[N+](=O)[O-]. The van der Waals surface area contributed by atoms with Gasteiger partial charge in [-0.1, -0.05) is 6.92 Å². The molecule has 1 unspecified atom stereocenters. The third-order valence-corrected chi connectivity index (χ3v) is 2.47. The van der Waals surface area contributed by atoms with Crippen LogP contribution in [0.2, 0.25) is 0 Å². The highest BCUT2D eigenvalue weighted by molar-refractivity contribution is 5.95. The Balaban J connectivity index is 3.13. The van der Waals surface area contributed by atoms with Crippen molar-refractivity contribution in [3.63, 3.8) is 0 Å². The van der Waals surface area contributed by atoms with Crippen LogP contribution >= 0.6 is 0 Å². The van der Waals surface area contributed by atoms with E-state index in [4.69, 9.17) is 4.74 Å². The second-order valence-corrected chi connectivity index (χ2v) is 3.83. The van der Waals surface area contributed by atoms with E-state index in [9.17, 15) is 14.9 Å². The zero-order valence-electron chi connectivity index (χ0n) is 10.1. The predicted molar refractivity (Wildman–Crippen MR) is 63.5 cm³/mol. The van der Waals surface area contributed by atoms with Gasteiger partial charge in [-0.15, -0.1) is 0 Å². The maximum absolute atomic E-state index is 11.1.